The molecule has 0 spiro atoms. The summed E-state index contributed by atoms with van der Waals surface area (Å²) in [4.78, 5) is 0.243. The average Bonchev–Trinajstić information content (AvgIpc) is 2.62. The number of hydrogen-bond acceptors (Lipinski definition) is 3. The van der Waals surface area contributed by atoms with Crippen LogP contribution in [-0.2, 0) is 10.0 Å². The Bertz CT molecular complexity index is 963. The van der Waals surface area contributed by atoms with Crippen molar-refractivity contribution in [1.82, 2.24) is 0 Å². The Morgan fingerprint density at radius 1 is 0.840 bits per heavy atom. The number of aryl methyl sites for hydroxylation is 1. The quantitative estimate of drug-likeness (QED) is 0.736. The lowest BCUT2D eigenvalue weighted by Gasteiger charge is -2.10. The minimum absolute atomic E-state index is 0.243. The van der Waals surface area contributed by atoms with Gasteiger partial charge in [0.05, 0.1) is 12.0 Å². The minimum Gasteiger partial charge on any atom is -0.497 e. The Kier molecular flexibility index (Phi) is 4.76. The third kappa shape index (κ3) is 4.00. The van der Waals surface area contributed by atoms with Crippen LogP contribution < -0.4 is 9.46 Å². The van der Waals surface area contributed by atoms with Crippen molar-refractivity contribution in [2.45, 2.75) is 11.8 Å². The van der Waals surface area contributed by atoms with E-state index in [1.165, 1.54) is 0 Å². The Hall–Kier alpha value is -2.79. The molecule has 0 unspecified atom stereocenters. The molecule has 3 aromatic rings. The summed E-state index contributed by atoms with van der Waals surface area (Å²) in [5, 5.41) is 0. The van der Waals surface area contributed by atoms with E-state index in [1.807, 2.05) is 49.4 Å². The molecule has 0 saturated heterocycles. The molecule has 3 rings (SSSR count). The number of methoxy groups -OCH3 is 1. The lowest BCUT2D eigenvalue weighted by atomic mass is 10.1. The Morgan fingerprint density at radius 3 is 2.16 bits per heavy atom. The van der Waals surface area contributed by atoms with Crippen LogP contribution in [0.5, 0.6) is 5.75 Å². The van der Waals surface area contributed by atoms with Gasteiger partial charge in [-0.25, -0.2) is 8.42 Å². The van der Waals surface area contributed by atoms with Crippen LogP contribution in [0.1, 0.15) is 5.56 Å². The maximum Gasteiger partial charge on any atom is 0.261 e. The first kappa shape index (κ1) is 17.0. The van der Waals surface area contributed by atoms with Crippen LogP contribution in [0.25, 0.3) is 11.1 Å². The number of nitrogens with one attached hydrogen (secondary N) is 1. The highest BCUT2D eigenvalue weighted by Gasteiger charge is 2.14. The number of rotatable bonds is 5. The van der Waals surface area contributed by atoms with Crippen molar-refractivity contribution in [1.29, 1.82) is 0 Å². The van der Waals surface area contributed by atoms with Gasteiger partial charge in [-0.15, -0.1) is 0 Å². The zero-order chi connectivity index (χ0) is 17.9. The van der Waals surface area contributed by atoms with Gasteiger partial charge in [0, 0.05) is 5.69 Å². The second kappa shape index (κ2) is 6.99. The molecular formula is C20H19NO3S. The Balaban J connectivity index is 1.87. The lowest BCUT2D eigenvalue weighted by Crippen LogP contribution is -2.12. The molecule has 0 saturated carbocycles. The molecule has 0 heterocycles. The normalized spacial score (nSPS) is 11.1. The van der Waals surface area contributed by atoms with Gasteiger partial charge in [-0.3, -0.25) is 4.72 Å². The molecule has 128 valence electrons. The maximum absolute atomic E-state index is 12.5. The second-order valence-corrected chi connectivity index (χ2v) is 7.41. The third-order valence-corrected chi connectivity index (χ3v) is 5.27. The fourth-order valence-electron chi connectivity index (χ4n) is 2.48. The maximum atomic E-state index is 12.5. The van der Waals surface area contributed by atoms with Crippen LogP contribution >= 0.6 is 0 Å². The van der Waals surface area contributed by atoms with Crippen molar-refractivity contribution in [3.63, 3.8) is 0 Å². The fraction of sp³-hybridized carbons (Fsp3) is 0.100. The van der Waals surface area contributed by atoms with Crippen molar-refractivity contribution < 1.29 is 13.2 Å². The van der Waals surface area contributed by atoms with Crippen LogP contribution in [0.15, 0.2) is 77.7 Å². The van der Waals surface area contributed by atoms with Gasteiger partial charge < -0.3 is 4.74 Å². The summed E-state index contributed by atoms with van der Waals surface area (Å²) in [6.07, 6.45) is 0. The first-order chi connectivity index (χ1) is 12.0. The summed E-state index contributed by atoms with van der Waals surface area (Å²) in [7, 11) is -1.99. The number of benzene rings is 3. The van der Waals surface area contributed by atoms with Crippen molar-refractivity contribution in [2.75, 3.05) is 11.8 Å². The summed E-state index contributed by atoms with van der Waals surface area (Å²) >= 11 is 0. The predicted octanol–water partition coefficient (Wildman–Crippen LogP) is 4.47. The molecule has 0 bridgehead atoms. The summed E-state index contributed by atoms with van der Waals surface area (Å²) in [5.41, 5.74) is 3.44. The van der Waals surface area contributed by atoms with E-state index >= 15 is 0 Å². The number of sulfonamides is 1. The second-order valence-electron chi connectivity index (χ2n) is 5.73. The van der Waals surface area contributed by atoms with Crippen LogP contribution in [0, 0.1) is 6.92 Å². The Morgan fingerprint density at radius 2 is 1.52 bits per heavy atom. The van der Waals surface area contributed by atoms with E-state index in [2.05, 4.69) is 4.72 Å². The van der Waals surface area contributed by atoms with Crippen molar-refractivity contribution in [3.05, 3.63) is 78.4 Å². The van der Waals surface area contributed by atoms with Crippen LogP contribution in [0.3, 0.4) is 0 Å². The fourth-order valence-corrected chi connectivity index (χ4v) is 3.53. The standard InChI is InChI=1S/C20H19NO3S/c1-15-6-12-20(13-7-15)25(22,23)21-18-5-3-4-17(14-18)16-8-10-19(24-2)11-9-16/h3-14,21H,1-2H3. The topological polar surface area (TPSA) is 55.4 Å². The van der Waals surface area contributed by atoms with Crippen LogP contribution in [0.4, 0.5) is 5.69 Å². The van der Waals surface area contributed by atoms with Gasteiger partial charge in [-0.1, -0.05) is 42.0 Å². The van der Waals surface area contributed by atoms with E-state index in [0.717, 1.165) is 22.4 Å². The molecule has 0 fully saturated rings. The minimum atomic E-state index is -3.61. The SMILES string of the molecule is COc1ccc(-c2cccc(NS(=O)(=O)c3ccc(C)cc3)c2)cc1. The summed E-state index contributed by atoms with van der Waals surface area (Å²) in [6.45, 7) is 1.92. The zero-order valence-corrected chi connectivity index (χ0v) is 14.9. The highest BCUT2D eigenvalue weighted by atomic mass is 32.2. The van der Waals surface area contributed by atoms with Gasteiger partial charge in [-0.2, -0.15) is 0 Å². The van der Waals surface area contributed by atoms with Crippen molar-refractivity contribution in [3.8, 4) is 16.9 Å². The lowest BCUT2D eigenvalue weighted by molar-refractivity contribution is 0.415. The van der Waals surface area contributed by atoms with Gasteiger partial charge in [-0.05, 0) is 54.4 Å². The third-order valence-electron chi connectivity index (χ3n) is 3.87. The molecule has 0 aliphatic carbocycles. The molecule has 4 nitrogen and oxygen atoms in total. The van der Waals surface area contributed by atoms with Crippen LogP contribution in [-0.4, -0.2) is 15.5 Å². The number of hydrogen-bond donors (Lipinski definition) is 1. The molecule has 0 radical (unpaired) electrons. The molecule has 5 heteroatoms. The van der Waals surface area contributed by atoms with Gasteiger partial charge in [0.1, 0.15) is 5.75 Å². The summed E-state index contributed by atoms with van der Waals surface area (Å²) in [5.74, 6) is 0.778. The van der Waals surface area contributed by atoms with E-state index in [1.54, 1.807) is 37.4 Å². The smallest absolute Gasteiger partial charge is 0.261 e. The van der Waals surface area contributed by atoms with E-state index in [0.29, 0.717) is 5.69 Å². The van der Waals surface area contributed by atoms with E-state index in [-0.39, 0.29) is 4.90 Å². The molecule has 0 aliphatic heterocycles. The molecule has 0 amide bonds. The predicted molar refractivity (Wildman–Crippen MR) is 100 cm³/mol. The molecule has 0 aliphatic rings. The number of anilines is 1. The first-order valence-electron chi connectivity index (χ1n) is 7.82. The van der Waals surface area contributed by atoms with E-state index in [4.69, 9.17) is 4.74 Å². The monoisotopic (exact) mass is 353 g/mol. The Labute approximate surface area is 148 Å². The van der Waals surface area contributed by atoms with Gasteiger partial charge >= 0.3 is 0 Å². The largest absolute Gasteiger partial charge is 0.497 e. The summed E-state index contributed by atoms with van der Waals surface area (Å²) in [6, 6.07) is 21.7. The van der Waals surface area contributed by atoms with Crippen molar-refractivity contribution >= 4 is 15.7 Å². The van der Waals surface area contributed by atoms with Crippen molar-refractivity contribution in [2.24, 2.45) is 0 Å². The molecule has 3 aromatic carbocycles. The molecule has 1 N–H and O–H groups in total. The summed E-state index contributed by atoms with van der Waals surface area (Å²) < 4.78 is 32.8. The average molecular weight is 353 g/mol. The molecular weight excluding hydrogens is 334 g/mol. The van der Waals surface area contributed by atoms with Gasteiger partial charge in [0.2, 0.25) is 0 Å². The highest BCUT2D eigenvalue weighted by Crippen LogP contribution is 2.26. The zero-order valence-electron chi connectivity index (χ0n) is 14.1. The first-order valence-corrected chi connectivity index (χ1v) is 9.30. The number of ether oxygens (including phenoxy) is 1. The molecule has 0 atom stereocenters. The molecule has 0 aromatic heterocycles. The highest BCUT2D eigenvalue weighted by molar-refractivity contribution is 7.92. The van der Waals surface area contributed by atoms with Gasteiger partial charge in [0.25, 0.3) is 10.0 Å². The molecule has 25 heavy (non-hydrogen) atoms. The van der Waals surface area contributed by atoms with Crippen LogP contribution in [0.2, 0.25) is 0 Å². The van der Waals surface area contributed by atoms with Gasteiger partial charge in [0.15, 0.2) is 0 Å². The van der Waals surface area contributed by atoms with E-state index in [9.17, 15) is 8.42 Å². The van der Waals surface area contributed by atoms with E-state index < -0.39 is 10.0 Å².